The van der Waals surface area contributed by atoms with Gasteiger partial charge in [-0.25, -0.2) is 12.8 Å². The fourth-order valence-electron chi connectivity index (χ4n) is 3.04. The Labute approximate surface area is 130 Å². The highest BCUT2D eigenvalue weighted by atomic mass is 32.2. The van der Waals surface area contributed by atoms with Gasteiger partial charge in [0.05, 0.1) is 11.4 Å². The van der Waals surface area contributed by atoms with Crippen LogP contribution in [0.5, 0.6) is 0 Å². The SMILES string of the molecule is CS(=O)(=O)c1cc(N)c(N2CCCCC2CCCO)cc1F. The van der Waals surface area contributed by atoms with Gasteiger partial charge in [0.25, 0.3) is 0 Å². The fourth-order valence-corrected chi connectivity index (χ4v) is 3.79. The highest BCUT2D eigenvalue weighted by molar-refractivity contribution is 7.90. The highest BCUT2D eigenvalue weighted by Crippen LogP contribution is 2.34. The standard InChI is InChI=1S/C15H23FN2O3S/c1-22(20,21)15-10-13(17)14(9-12(15)16)18-7-3-2-5-11(18)6-4-8-19/h9-11,19H,2-8,17H2,1H3. The summed E-state index contributed by atoms with van der Waals surface area (Å²) in [5, 5.41) is 9.01. The molecule has 5 nitrogen and oxygen atoms in total. The molecular weight excluding hydrogens is 307 g/mol. The number of aliphatic hydroxyl groups is 1. The molecular formula is C15H23FN2O3S. The van der Waals surface area contributed by atoms with Crippen molar-refractivity contribution in [1.82, 2.24) is 0 Å². The molecule has 1 aliphatic rings. The van der Waals surface area contributed by atoms with Crippen molar-refractivity contribution < 1.29 is 17.9 Å². The number of nitrogens with zero attached hydrogens (tertiary/aromatic N) is 1. The molecule has 2 rings (SSSR count). The fraction of sp³-hybridized carbons (Fsp3) is 0.600. The predicted octanol–water partition coefficient (Wildman–Crippen LogP) is 1.94. The molecule has 0 spiro atoms. The van der Waals surface area contributed by atoms with E-state index in [0.717, 1.165) is 38.5 Å². The van der Waals surface area contributed by atoms with E-state index >= 15 is 0 Å². The summed E-state index contributed by atoms with van der Waals surface area (Å²) in [4.78, 5) is 1.68. The number of hydrogen-bond acceptors (Lipinski definition) is 5. The lowest BCUT2D eigenvalue weighted by molar-refractivity contribution is 0.273. The molecule has 1 unspecified atom stereocenters. The van der Waals surface area contributed by atoms with Crippen LogP contribution in [0.2, 0.25) is 0 Å². The van der Waals surface area contributed by atoms with Crippen molar-refractivity contribution in [1.29, 1.82) is 0 Å². The Kier molecular flexibility index (Phi) is 5.28. The summed E-state index contributed by atoms with van der Waals surface area (Å²) in [5.74, 6) is -0.766. The molecule has 0 aromatic heterocycles. The summed E-state index contributed by atoms with van der Waals surface area (Å²) in [6.45, 7) is 0.888. The Morgan fingerprint density at radius 2 is 2.14 bits per heavy atom. The molecule has 1 aromatic rings. The van der Waals surface area contributed by atoms with Gasteiger partial charge in [-0.1, -0.05) is 0 Å². The third-order valence-corrected chi connectivity index (χ3v) is 5.22. The Morgan fingerprint density at radius 1 is 1.41 bits per heavy atom. The van der Waals surface area contributed by atoms with Gasteiger partial charge < -0.3 is 15.7 Å². The number of nitrogens with two attached hydrogens (primary N) is 1. The van der Waals surface area contributed by atoms with Crippen molar-refractivity contribution in [3.8, 4) is 0 Å². The van der Waals surface area contributed by atoms with Crippen LogP contribution in [0.25, 0.3) is 0 Å². The zero-order valence-electron chi connectivity index (χ0n) is 12.8. The van der Waals surface area contributed by atoms with Gasteiger partial charge >= 0.3 is 0 Å². The normalized spacial score (nSPS) is 19.4. The van der Waals surface area contributed by atoms with Crippen LogP contribution in [0, 0.1) is 5.82 Å². The van der Waals surface area contributed by atoms with Gasteiger partial charge in [-0.3, -0.25) is 0 Å². The molecule has 0 radical (unpaired) electrons. The molecule has 1 aliphatic heterocycles. The monoisotopic (exact) mass is 330 g/mol. The van der Waals surface area contributed by atoms with Crippen molar-refractivity contribution >= 4 is 21.2 Å². The minimum Gasteiger partial charge on any atom is -0.397 e. The van der Waals surface area contributed by atoms with Crippen molar-refractivity contribution in [2.75, 3.05) is 30.0 Å². The zero-order valence-corrected chi connectivity index (χ0v) is 13.6. The number of hydrogen-bond donors (Lipinski definition) is 2. The summed E-state index contributed by atoms with van der Waals surface area (Å²) in [6, 6.07) is 2.63. The number of piperidine rings is 1. The van der Waals surface area contributed by atoms with Crippen molar-refractivity contribution in [3.63, 3.8) is 0 Å². The molecule has 7 heteroatoms. The number of anilines is 2. The molecule has 1 heterocycles. The molecule has 1 atom stereocenters. The maximum atomic E-state index is 14.2. The van der Waals surface area contributed by atoms with Crippen LogP contribution >= 0.6 is 0 Å². The molecule has 124 valence electrons. The number of nitrogen functional groups attached to an aromatic ring is 1. The number of benzene rings is 1. The summed E-state index contributed by atoms with van der Waals surface area (Å²) in [7, 11) is -3.64. The second kappa shape index (κ2) is 6.83. The Balaban J connectivity index is 2.36. The van der Waals surface area contributed by atoms with Gasteiger partial charge in [-0.15, -0.1) is 0 Å². The molecule has 0 saturated carbocycles. The number of aliphatic hydroxyl groups excluding tert-OH is 1. The topological polar surface area (TPSA) is 83.6 Å². The van der Waals surface area contributed by atoms with E-state index in [2.05, 4.69) is 0 Å². The molecule has 1 saturated heterocycles. The molecule has 0 bridgehead atoms. The van der Waals surface area contributed by atoms with Gasteiger partial charge in [0, 0.05) is 31.5 Å². The zero-order chi connectivity index (χ0) is 16.3. The number of halogens is 1. The van der Waals surface area contributed by atoms with Gasteiger partial charge in [-0.2, -0.15) is 0 Å². The van der Waals surface area contributed by atoms with Gasteiger partial charge in [0.15, 0.2) is 9.84 Å². The van der Waals surface area contributed by atoms with E-state index in [1.165, 1.54) is 12.1 Å². The Morgan fingerprint density at radius 3 is 2.77 bits per heavy atom. The second-order valence-electron chi connectivity index (χ2n) is 5.82. The van der Waals surface area contributed by atoms with E-state index < -0.39 is 15.7 Å². The van der Waals surface area contributed by atoms with Crippen LogP contribution in [-0.4, -0.2) is 39.0 Å². The largest absolute Gasteiger partial charge is 0.397 e. The molecule has 0 aliphatic carbocycles. The van der Waals surface area contributed by atoms with Crippen molar-refractivity contribution in [2.24, 2.45) is 0 Å². The summed E-state index contributed by atoms with van der Waals surface area (Å²) >= 11 is 0. The first-order chi connectivity index (χ1) is 10.3. The van der Waals surface area contributed by atoms with Crippen LogP contribution in [-0.2, 0) is 9.84 Å². The summed E-state index contributed by atoms with van der Waals surface area (Å²) in [6.07, 6.45) is 5.52. The van der Waals surface area contributed by atoms with Crippen molar-refractivity contribution in [3.05, 3.63) is 17.9 Å². The van der Waals surface area contributed by atoms with E-state index in [-0.39, 0.29) is 23.2 Å². The first kappa shape index (κ1) is 17.0. The molecule has 0 amide bonds. The van der Waals surface area contributed by atoms with Crippen LogP contribution < -0.4 is 10.6 Å². The number of rotatable bonds is 5. The van der Waals surface area contributed by atoms with E-state index in [0.29, 0.717) is 12.1 Å². The first-order valence-corrected chi connectivity index (χ1v) is 9.40. The quantitative estimate of drug-likeness (QED) is 0.806. The second-order valence-corrected chi connectivity index (χ2v) is 7.81. The Hall–Kier alpha value is -1.34. The van der Waals surface area contributed by atoms with E-state index in [1.807, 2.05) is 4.90 Å². The lowest BCUT2D eigenvalue weighted by Gasteiger charge is -2.38. The van der Waals surface area contributed by atoms with E-state index in [4.69, 9.17) is 10.8 Å². The maximum Gasteiger partial charge on any atom is 0.178 e. The number of sulfone groups is 1. The lowest BCUT2D eigenvalue weighted by atomic mass is 9.97. The summed E-state index contributed by atoms with van der Waals surface area (Å²) in [5.41, 5.74) is 6.81. The predicted molar refractivity (Wildman–Crippen MR) is 85.2 cm³/mol. The van der Waals surface area contributed by atoms with E-state index in [1.54, 1.807) is 0 Å². The molecule has 22 heavy (non-hydrogen) atoms. The van der Waals surface area contributed by atoms with Crippen LogP contribution in [0.15, 0.2) is 17.0 Å². The molecule has 1 fully saturated rings. The first-order valence-electron chi connectivity index (χ1n) is 7.51. The average Bonchev–Trinajstić information content (AvgIpc) is 2.46. The lowest BCUT2D eigenvalue weighted by Crippen LogP contribution is -2.40. The van der Waals surface area contributed by atoms with Gasteiger partial charge in [-0.05, 0) is 38.2 Å². The average molecular weight is 330 g/mol. The summed E-state index contributed by atoms with van der Waals surface area (Å²) < 4.78 is 37.3. The van der Waals surface area contributed by atoms with Crippen LogP contribution in [0.1, 0.15) is 32.1 Å². The smallest absolute Gasteiger partial charge is 0.178 e. The third kappa shape index (κ3) is 3.70. The van der Waals surface area contributed by atoms with Crippen LogP contribution in [0.4, 0.5) is 15.8 Å². The Bertz CT molecular complexity index is 634. The molecule has 3 N–H and O–H groups in total. The minimum absolute atomic E-state index is 0.126. The van der Waals surface area contributed by atoms with Crippen molar-refractivity contribution in [2.45, 2.75) is 43.0 Å². The van der Waals surface area contributed by atoms with E-state index in [9.17, 15) is 12.8 Å². The van der Waals surface area contributed by atoms with Gasteiger partial charge in [0.1, 0.15) is 10.7 Å². The maximum absolute atomic E-state index is 14.2. The minimum atomic E-state index is -3.64. The third-order valence-electron chi connectivity index (χ3n) is 4.11. The highest BCUT2D eigenvalue weighted by Gasteiger charge is 2.26. The molecule has 1 aromatic carbocycles. The van der Waals surface area contributed by atoms with Crippen LogP contribution in [0.3, 0.4) is 0 Å². The van der Waals surface area contributed by atoms with Gasteiger partial charge in [0.2, 0.25) is 0 Å².